The summed E-state index contributed by atoms with van der Waals surface area (Å²) in [6.45, 7) is 0. The normalized spacial score (nSPS) is 13.5. The highest BCUT2D eigenvalue weighted by molar-refractivity contribution is 5.52. The van der Waals surface area contributed by atoms with Gasteiger partial charge < -0.3 is 10.2 Å². The number of halogens is 8. The van der Waals surface area contributed by atoms with E-state index in [-0.39, 0.29) is 6.07 Å². The Hall–Kier alpha value is -3.76. The van der Waals surface area contributed by atoms with Crippen molar-refractivity contribution in [3.63, 3.8) is 0 Å². The molecule has 4 rings (SSSR count). The molecule has 1 atom stereocenters. The Bertz CT molecular complexity index is 1380. The first kappa shape index (κ1) is 25.3. The van der Waals surface area contributed by atoms with Gasteiger partial charge in [-0.3, -0.25) is 0 Å². The molecule has 36 heavy (non-hydrogen) atoms. The molecule has 2 nitrogen and oxygen atoms in total. The van der Waals surface area contributed by atoms with Gasteiger partial charge in [0.05, 0.1) is 5.56 Å². The zero-order chi connectivity index (χ0) is 26.4. The fourth-order valence-corrected chi connectivity index (χ4v) is 4.18. The van der Waals surface area contributed by atoms with Crippen LogP contribution in [0.2, 0.25) is 0 Å². The van der Waals surface area contributed by atoms with Crippen LogP contribution in [0.5, 0.6) is 0 Å². The lowest BCUT2D eigenvalue weighted by Gasteiger charge is -2.45. The van der Waals surface area contributed by atoms with Crippen molar-refractivity contribution in [2.24, 2.45) is 0 Å². The van der Waals surface area contributed by atoms with Crippen molar-refractivity contribution < 1.29 is 45.3 Å². The second-order valence-electron chi connectivity index (χ2n) is 7.82. The molecule has 0 radical (unpaired) electrons. The Morgan fingerprint density at radius 1 is 0.417 bits per heavy atom. The molecule has 0 heterocycles. The number of rotatable bonds is 5. The van der Waals surface area contributed by atoms with E-state index in [9.17, 15) is 32.2 Å². The molecule has 0 aliphatic carbocycles. The van der Waals surface area contributed by atoms with Gasteiger partial charge in [0.15, 0.2) is 51.9 Å². The summed E-state index contributed by atoms with van der Waals surface area (Å²) < 4.78 is 116. The molecular weight excluding hydrogens is 496 g/mol. The van der Waals surface area contributed by atoms with E-state index in [0.29, 0.717) is 6.07 Å². The largest absolute Gasteiger partial charge is 0.377 e. The molecule has 186 valence electrons. The van der Waals surface area contributed by atoms with Crippen LogP contribution in [-0.2, 0) is 11.2 Å². The maximum absolute atomic E-state index is 15.2. The fourth-order valence-electron chi connectivity index (χ4n) is 4.18. The van der Waals surface area contributed by atoms with E-state index >= 15 is 13.2 Å². The van der Waals surface area contributed by atoms with E-state index in [0.717, 1.165) is 24.3 Å². The highest BCUT2D eigenvalue weighted by Gasteiger charge is 2.59. The first-order chi connectivity index (χ1) is 17.0. The van der Waals surface area contributed by atoms with Crippen LogP contribution in [0.3, 0.4) is 0 Å². The van der Waals surface area contributed by atoms with Crippen molar-refractivity contribution in [1.82, 2.24) is 0 Å². The maximum atomic E-state index is 15.2. The Morgan fingerprint density at radius 3 is 1.28 bits per heavy atom. The highest BCUT2D eigenvalue weighted by Crippen LogP contribution is 2.52. The molecule has 0 fully saturated rings. The zero-order valence-corrected chi connectivity index (χ0v) is 17.8. The van der Waals surface area contributed by atoms with Gasteiger partial charge in [-0.25, -0.2) is 35.1 Å². The molecule has 0 aromatic heterocycles. The van der Waals surface area contributed by atoms with E-state index in [1.165, 1.54) is 36.4 Å². The Kier molecular flexibility index (Phi) is 6.36. The topological polar surface area (TPSA) is 40.5 Å². The number of hydrogen-bond acceptors (Lipinski definition) is 2. The van der Waals surface area contributed by atoms with Crippen molar-refractivity contribution in [3.05, 3.63) is 142 Å². The van der Waals surface area contributed by atoms with Gasteiger partial charge in [-0.15, -0.1) is 0 Å². The third kappa shape index (κ3) is 3.48. The minimum atomic E-state index is -3.95. The molecule has 0 bridgehead atoms. The Labute approximate surface area is 198 Å². The summed E-state index contributed by atoms with van der Waals surface area (Å²) in [7, 11) is 0. The van der Waals surface area contributed by atoms with Crippen molar-refractivity contribution in [2.45, 2.75) is 11.2 Å². The van der Waals surface area contributed by atoms with Crippen LogP contribution in [0.25, 0.3) is 0 Å². The summed E-state index contributed by atoms with van der Waals surface area (Å²) in [6.07, 6.45) is 0. The van der Waals surface area contributed by atoms with E-state index in [1.54, 1.807) is 0 Å². The summed E-state index contributed by atoms with van der Waals surface area (Å²) >= 11 is 0. The molecule has 0 spiro atoms. The van der Waals surface area contributed by atoms with Crippen LogP contribution in [0.4, 0.5) is 35.1 Å². The van der Waals surface area contributed by atoms with E-state index < -0.39 is 80.0 Å². The average Bonchev–Trinajstić information content (AvgIpc) is 2.90. The smallest absolute Gasteiger partial charge is 0.200 e. The molecule has 4 aromatic rings. The second kappa shape index (κ2) is 9.03. The predicted molar refractivity (Wildman–Crippen MR) is 111 cm³/mol. The van der Waals surface area contributed by atoms with Gasteiger partial charge in [-0.05, 0) is 23.3 Å². The summed E-state index contributed by atoms with van der Waals surface area (Å²) in [4.78, 5) is 0. The monoisotopic (exact) mass is 510 g/mol. The number of aliphatic hydroxyl groups is 2. The van der Waals surface area contributed by atoms with E-state index in [4.69, 9.17) is 0 Å². The first-order valence-corrected chi connectivity index (χ1v) is 10.2. The minimum Gasteiger partial charge on any atom is -0.377 e. The molecule has 0 aliphatic heterocycles. The van der Waals surface area contributed by atoms with Crippen LogP contribution in [0.15, 0.2) is 72.8 Å². The summed E-state index contributed by atoms with van der Waals surface area (Å²) in [5.41, 5.74) is -11.6. The van der Waals surface area contributed by atoms with Gasteiger partial charge in [0.25, 0.3) is 0 Å². The molecule has 0 aliphatic rings. The minimum absolute atomic E-state index is 0.265. The third-order valence-electron chi connectivity index (χ3n) is 5.90. The van der Waals surface area contributed by atoms with Crippen LogP contribution in [-0.4, -0.2) is 10.2 Å². The summed E-state index contributed by atoms with van der Waals surface area (Å²) in [6, 6.07) is 13.1. The van der Waals surface area contributed by atoms with Crippen LogP contribution in [0.1, 0.15) is 22.3 Å². The van der Waals surface area contributed by atoms with Gasteiger partial charge in [-0.2, -0.15) is 0 Å². The van der Waals surface area contributed by atoms with Gasteiger partial charge in [0.2, 0.25) is 5.82 Å². The van der Waals surface area contributed by atoms with Crippen molar-refractivity contribution in [1.29, 1.82) is 0 Å². The molecule has 10 heteroatoms. The van der Waals surface area contributed by atoms with Crippen molar-refractivity contribution in [2.75, 3.05) is 0 Å². The van der Waals surface area contributed by atoms with Gasteiger partial charge in [0.1, 0.15) is 0 Å². The lowest BCUT2D eigenvalue weighted by atomic mass is 9.66. The fraction of sp³-hybridized carbons (Fsp3) is 0.0769. The van der Waals surface area contributed by atoms with Crippen LogP contribution < -0.4 is 0 Å². The lowest BCUT2D eigenvalue weighted by Crippen LogP contribution is -2.53. The molecule has 0 amide bonds. The van der Waals surface area contributed by atoms with E-state index in [1.807, 2.05) is 0 Å². The standard InChI is InChI=1S/C26H14F8O2/c27-16-12-11-15(18(28)19(16)29)26(36,17-20(30)22(32)24(34)23(33)21(17)31)25(35,13-7-3-1-4-8-13)14-9-5-2-6-10-14/h1-12,35-36H. The van der Waals surface area contributed by atoms with E-state index in [2.05, 4.69) is 0 Å². The predicted octanol–water partition coefficient (Wildman–Crippen LogP) is 5.97. The average molecular weight is 510 g/mol. The van der Waals surface area contributed by atoms with Crippen LogP contribution >= 0.6 is 0 Å². The van der Waals surface area contributed by atoms with Crippen molar-refractivity contribution >= 4 is 0 Å². The van der Waals surface area contributed by atoms with Gasteiger partial charge >= 0.3 is 0 Å². The lowest BCUT2D eigenvalue weighted by molar-refractivity contribution is -0.119. The Morgan fingerprint density at radius 2 is 0.833 bits per heavy atom. The van der Waals surface area contributed by atoms with Gasteiger partial charge in [-0.1, -0.05) is 60.7 Å². The molecular formula is C26H14F8O2. The van der Waals surface area contributed by atoms with Gasteiger partial charge in [0, 0.05) is 5.56 Å². The number of hydrogen-bond donors (Lipinski definition) is 2. The third-order valence-corrected chi connectivity index (χ3v) is 5.90. The summed E-state index contributed by atoms with van der Waals surface area (Å²) in [5.74, 6) is -19.1. The SMILES string of the molecule is OC(c1ccccc1)(c1ccccc1)C(O)(c1ccc(F)c(F)c1F)c1c(F)c(F)c(F)c(F)c1F. The number of benzene rings is 4. The molecule has 4 aromatic carbocycles. The Balaban J connectivity index is 2.29. The highest BCUT2D eigenvalue weighted by atomic mass is 19.2. The second-order valence-corrected chi connectivity index (χ2v) is 7.82. The molecule has 1 unspecified atom stereocenters. The first-order valence-electron chi connectivity index (χ1n) is 10.2. The molecule has 0 saturated heterocycles. The summed E-state index contributed by atoms with van der Waals surface area (Å²) in [5, 5.41) is 24.0. The zero-order valence-electron chi connectivity index (χ0n) is 17.8. The van der Waals surface area contributed by atoms with Crippen LogP contribution in [0, 0.1) is 46.5 Å². The molecule has 2 N–H and O–H groups in total. The maximum Gasteiger partial charge on any atom is 0.200 e. The molecule has 0 saturated carbocycles. The van der Waals surface area contributed by atoms with Crippen molar-refractivity contribution in [3.8, 4) is 0 Å². The quantitative estimate of drug-likeness (QED) is 0.197.